The molecule has 4 nitrogen and oxygen atoms in total. The minimum Gasteiger partial charge on any atom is -0.347 e. The van der Waals surface area contributed by atoms with E-state index in [0.29, 0.717) is 6.42 Å². The third kappa shape index (κ3) is 7.91. The Hall–Kier alpha value is -0.900. The molecule has 0 heterocycles. The first-order chi connectivity index (χ1) is 8.06. The molecule has 0 aromatic rings. The number of ketones is 1. The molecule has 0 spiro atoms. The lowest BCUT2D eigenvalue weighted by Crippen LogP contribution is -2.46. The van der Waals surface area contributed by atoms with E-state index in [1.807, 2.05) is 34.6 Å². The smallest absolute Gasteiger partial charge is 0.289 e. The summed E-state index contributed by atoms with van der Waals surface area (Å²) in [5.74, 6) is -0.836. The summed E-state index contributed by atoms with van der Waals surface area (Å²) >= 11 is 0. The van der Waals surface area contributed by atoms with Crippen molar-refractivity contribution >= 4 is 11.7 Å². The van der Waals surface area contributed by atoms with Gasteiger partial charge >= 0.3 is 0 Å². The predicted molar refractivity (Wildman–Crippen MR) is 72.0 cm³/mol. The molecule has 0 aromatic carbocycles. The molecule has 0 radical (unpaired) electrons. The molecule has 2 unspecified atom stereocenters. The monoisotopic (exact) mass is 244 g/mol. The van der Waals surface area contributed by atoms with Crippen LogP contribution in [0.25, 0.3) is 0 Å². The Morgan fingerprint density at radius 2 is 1.71 bits per heavy atom. The molecule has 0 saturated heterocycles. The van der Waals surface area contributed by atoms with E-state index in [2.05, 4.69) is 10.6 Å². The lowest BCUT2D eigenvalue weighted by molar-refractivity contribution is -0.139. The van der Waals surface area contributed by atoms with E-state index >= 15 is 0 Å². The molecule has 0 aliphatic carbocycles. The highest BCUT2D eigenvalue weighted by molar-refractivity contribution is 6.38. The Balaban J connectivity index is 0. The van der Waals surface area contributed by atoms with Crippen molar-refractivity contribution in [3.63, 3.8) is 0 Å². The van der Waals surface area contributed by atoms with Crippen molar-refractivity contribution in [3.8, 4) is 0 Å². The minimum absolute atomic E-state index is 0.0561. The van der Waals surface area contributed by atoms with E-state index in [9.17, 15) is 9.59 Å². The van der Waals surface area contributed by atoms with Crippen LogP contribution in [0.1, 0.15) is 53.9 Å². The number of nitrogens with one attached hydrogen (secondary N) is 2. The maximum absolute atomic E-state index is 11.6. The highest BCUT2D eigenvalue weighted by Gasteiger charge is 2.23. The van der Waals surface area contributed by atoms with Gasteiger partial charge in [-0.3, -0.25) is 9.59 Å². The third-order valence-corrected chi connectivity index (χ3v) is 2.46. The van der Waals surface area contributed by atoms with E-state index in [-0.39, 0.29) is 17.9 Å². The van der Waals surface area contributed by atoms with Gasteiger partial charge in [-0.05, 0) is 26.8 Å². The first-order valence-corrected chi connectivity index (χ1v) is 6.58. The van der Waals surface area contributed by atoms with E-state index in [4.69, 9.17) is 0 Å². The number of hydrogen-bond donors (Lipinski definition) is 2. The van der Waals surface area contributed by atoms with Gasteiger partial charge in [-0.2, -0.15) is 0 Å². The molecule has 2 N–H and O–H groups in total. The number of carbonyl (C=O) groups excluding carboxylic acids is 2. The molecule has 2 atom stereocenters. The fraction of sp³-hybridized carbons (Fsp3) is 0.846. The van der Waals surface area contributed by atoms with Gasteiger partial charge in [-0.25, -0.2) is 0 Å². The largest absolute Gasteiger partial charge is 0.347 e. The maximum Gasteiger partial charge on any atom is 0.289 e. The van der Waals surface area contributed by atoms with Crippen LogP contribution in [0.5, 0.6) is 0 Å². The van der Waals surface area contributed by atoms with Crippen LogP contribution in [0.15, 0.2) is 0 Å². The van der Waals surface area contributed by atoms with Crippen LogP contribution < -0.4 is 10.6 Å². The molecule has 102 valence electrons. The second kappa shape index (κ2) is 11.6. The molecular formula is C13H28N2O2. The summed E-state index contributed by atoms with van der Waals surface area (Å²) in [6.45, 7) is 9.85. The lowest BCUT2D eigenvalue weighted by atomic mass is 10.1. The molecule has 0 aliphatic rings. The first-order valence-electron chi connectivity index (χ1n) is 6.58. The molecule has 0 aromatic heterocycles. The van der Waals surface area contributed by atoms with Crippen LogP contribution in [-0.2, 0) is 9.59 Å². The topological polar surface area (TPSA) is 58.2 Å². The van der Waals surface area contributed by atoms with Gasteiger partial charge in [-0.15, -0.1) is 0 Å². The van der Waals surface area contributed by atoms with Crippen LogP contribution >= 0.6 is 0 Å². The second-order valence-electron chi connectivity index (χ2n) is 3.78. The number of hydrogen-bond acceptors (Lipinski definition) is 3. The van der Waals surface area contributed by atoms with Gasteiger partial charge in [0.05, 0.1) is 6.04 Å². The van der Waals surface area contributed by atoms with Crippen LogP contribution in [0.4, 0.5) is 0 Å². The molecule has 0 aliphatic heterocycles. The predicted octanol–water partition coefficient (Wildman–Crippen LogP) is 1.88. The normalized spacial score (nSPS) is 13.1. The van der Waals surface area contributed by atoms with E-state index < -0.39 is 5.91 Å². The Labute approximate surface area is 106 Å². The van der Waals surface area contributed by atoms with Gasteiger partial charge in [0.15, 0.2) is 0 Å². The summed E-state index contributed by atoms with van der Waals surface area (Å²) in [6, 6.07) is -0.292. The van der Waals surface area contributed by atoms with Crippen molar-refractivity contribution < 1.29 is 9.59 Å². The average molecular weight is 244 g/mol. The number of Topliss-reactive ketones (excluding diaryl/α,β-unsaturated/α-hetero) is 1. The maximum atomic E-state index is 11.6. The van der Waals surface area contributed by atoms with Gasteiger partial charge in [0.25, 0.3) is 5.91 Å². The van der Waals surface area contributed by atoms with Crippen molar-refractivity contribution in [1.82, 2.24) is 10.6 Å². The average Bonchev–Trinajstić information content (AvgIpc) is 2.37. The Bertz CT molecular complexity index is 217. The number of amides is 1. The fourth-order valence-electron chi connectivity index (χ4n) is 1.25. The molecule has 0 fully saturated rings. The van der Waals surface area contributed by atoms with Gasteiger partial charge in [0.1, 0.15) is 0 Å². The summed E-state index contributed by atoms with van der Waals surface area (Å²) in [7, 11) is 1.70. The van der Waals surface area contributed by atoms with Crippen LogP contribution in [0, 0.1) is 0 Å². The summed E-state index contributed by atoms with van der Waals surface area (Å²) in [4.78, 5) is 23.1. The van der Waals surface area contributed by atoms with Crippen LogP contribution in [0.2, 0.25) is 0 Å². The third-order valence-electron chi connectivity index (χ3n) is 2.46. The molecule has 4 heteroatoms. The molecular weight excluding hydrogens is 216 g/mol. The zero-order valence-electron chi connectivity index (χ0n) is 12.1. The minimum atomic E-state index is -0.475. The Morgan fingerprint density at radius 1 is 1.18 bits per heavy atom. The first kappa shape index (κ1) is 18.5. The highest BCUT2D eigenvalue weighted by atomic mass is 16.2. The number of carbonyl (C=O) groups is 2. The van der Waals surface area contributed by atoms with Crippen molar-refractivity contribution in [2.24, 2.45) is 0 Å². The fourth-order valence-corrected chi connectivity index (χ4v) is 1.25. The Morgan fingerprint density at radius 3 is 2.06 bits per heavy atom. The zero-order chi connectivity index (χ0) is 13.8. The van der Waals surface area contributed by atoms with Crippen molar-refractivity contribution in [1.29, 1.82) is 0 Å². The van der Waals surface area contributed by atoms with Crippen molar-refractivity contribution in [2.45, 2.75) is 66.0 Å². The van der Waals surface area contributed by atoms with Gasteiger partial charge in [0.2, 0.25) is 5.78 Å². The molecule has 0 rings (SSSR count). The van der Waals surface area contributed by atoms with Crippen molar-refractivity contribution in [2.75, 3.05) is 7.05 Å². The molecule has 0 bridgehead atoms. The molecule has 17 heavy (non-hydrogen) atoms. The second-order valence-corrected chi connectivity index (χ2v) is 3.78. The summed E-state index contributed by atoms with van der Waals surface area (Å²) in [6.07, 6.45) is 2.41. The van der Waals surface area contributed by atoms with E-state index in [1.54, 1.807) is 7.05 Å². The standard InChI is InChI=1S/C11H22N2O2.C2H6/c1-5-7-9(12-4)10(14)11(15)13-8(3)6-2;1-2/h8-9,12H,5-7H2,1-4H3,(H,13,15);1-2H3. The van der Waals surface area contributed by atoms with Crippen LogP contribution in [0.3, 0.4) is 0 Å². The summed E-state index contributed by atoms with van der Waals surface area (Å²) in [5.41, 5.74) is 0. The van der Waals surface area contributed by atoms with E-state index in [1.165, 1.54) is 0 Å². The number of likely N-dealkylation sites (N-methyl/N-ethyl adjacent to an activating group) is 1. The Kier molecular flexibility index (Phi) is 12.6. The summed E-state index contributed by atoms with van der Waals surface area (Å²) in [5, 5.41) is 5.54. The highest BCUT2D eigenvalue weighted by Crippen LogP contribution is 1.98. The quantitative estimate of drug-likeness (QED) is 0.672. The van der Waals surface area contributed by atoms with Gasteiger partial charge in [-0.1, -0.05) is 34.1 Å². The summed E-state index contributed by atoms with van der Waals surface area (Å²) < 4.78 is 0. The lowest BCUT2D eigenvalue weighted by Gasteiger charge is -2.15. The van der Waals surface area contributed by atoms with Gasteiger partial charge in [0, 0.05) is 6.04 Å². The van der Waals surface area contributed by atoms with E-state index in [0.717, 1.165) is 12.8 Å². The zero-order valence-corrected chi connectivity index (χ0v) is 12.1. The van der Waals surface area contributed by atoms with Crippen molar-refractivity contribution in [3.05, 3.63) is 0 Å². The molecule has 0 saturated carbocycles. The SMILES string of the molecule is CC.CCCC(NC)C(=O)C(=O)NC(C)CC. The number of rotatable bonds is 7. The molecule has 1 amide bonds. The van der Waals surface area contributed by atoms with Gasteiger partial charge < -0.3 is 10.6 Å². The van der Waals surface area contributed by atoms with Crippen LogP contribution in [-0.4, -0.2) is 30.8 Å².